The zero-order chi connectivity index (χ0) is 11.5. The highest BCUT2D eigenvalue weighted by Gasteiger charge is 2.25. The van der Waals surface area contributed by atoms with Gasteiger partial charge < -0.3 is 5.73 Å². The Kier molecular flexibility index (Phi) is 4.55. The first-order chi connectivity index (χ1) is 6.95. The average Bonchev–Trinajstić information content (AvgIpc) is 2.20. The van der Waals surface area contributed by atoms with E-state index in [4.69, 9.17) is 5.73 Å². The molecule has 0 bridgehead atoms. The van der Waals surface area contributed by atoms with Crippen molar-refractivity contribution in [3.63, 3.8) is 0 Å². The molecule has 1 rings (SSSR count). The predicted octanol–water partition coefficient (Wildman–Crippen LogP) is 0.832. The van der Waals surface area contributed by atoms with Crippen LogP contribution in [-0.4, -0.2) is 26.3 Å². The lowest BCUT2D eigenvalue weighted by Crippen LogP contribution is -2.43. The van der Waals surface area contributed by atoms with Crippen LogP contribution in [0, 0.1) is 5.92 Å². The maximum Gasteiger partial charge on any atom is 0.215 e. The van der Waals surface area contributed by atoms with Gasteiger partial charge in [0.15, 0.2) is 0 Å². The van der Waals surface area contributed by atoms with E-state index in [0.717, 1.165) is 31.6 Å². The molecule has 0 amide bonds. The van der Waals surface area contributed by atoms with Gasteiger partial charge in [-0.25, -0.2) is 13.1 Å². The molecule has 90 valence electrons. The smallest absolute Gasteiger partial charge is 0.215 e. The number of sulfonamides is 1. The Labute approximate surface area is 92.7 Å². The van der Waals surface area contributed by atoms with Crippen LogP contribution in [0.25, 0.3) is 0 Å². The molecule has 0 aromatic rings. The van der Waals surface area contributed by atoms with Crippen molar-refractivity contribution in [3.8, 4) is 0 Å². The first kappa shape index (κ1) is 12.9. The van der Waals surface area contributed by atoms with Crippen LogP contribution in [0.2, 0.25) is 0 Å². The van der Waals surface area contributed by atoms with Crippen molar-refractivity contribution in [2.24, 2.45) is 11.7 Å². The number of hydrogen-bond donors (Lipinski definition) is 2. The highest BCUT2D eigenvalue weighted by molar-refractivity contribution is 7.90. The Morgan fingerprint density at radius 1 is 1.33 bits per heavy atom. The van der Waals surface area contributed by atoms with Crippen LogP contribution < -0.4 is 10.5 Å². The quantitative estimate of drug-likeness (QED) is 0.757. The van der Waals surface area contributed by atoms with Crippen LogP contribution in [0.15, 0.2) is 0 Å². The number of nitrogens with one attached hydrogen (secondary N) is 1. The summed E-state index contributed by atoms with van der Waals surface area (Å²) in [7, 11) is -3.20. The highest BCUT2D eigenvalue weighted by atomic mass is 32.2. The van der Waals surface area contributed by atoms with Gasteiger partial charge in [0.05, 0.1) is 5.25 Å². The van der Waals surface area contributed by atoms with Crippen molar-refractivity contribution in [2.45, 2.75) is 50.8 Å². The van der Waals surface area contributed by atoms with Crippen molar-refractivity contribution in [1.82, 2.24) is 4.72 Å². The molecule has 0 aromatic carbocycles. The topological polar surface area (TPSA) is 72.2 Å². The molecule has 0 aromatic heterocycles. The van der Waals surface area contributed by atoms with Gasteiger partial charge in [-0.2, -0.15) is 0 Å². The number of hydrogen-bond acceptors (Lipinski definition) is 3. The molecular formula is C10H22N2O2S. The van der Waals surface area contributed by atoms with Gasteiger partial charge in [0.25, 0.3) is 0 Å². The van der Waals surface area contributed by atoms with Gasteiger partial charge >= 0.3 is 0 Å². The monoisotopic (exact) mass is 234 g/mol. The molecule has 15 heavy (non-hydrogen) atoms. The van der Waals surface area contributed by atoms with Gasteiger partial charge in [0.2, 0.25) is 10.0 Å². The van der Waals surface area contributed by atoms with Crippen molar-refractivity contribution in [1.29, 1.82) is 0 Å². The molecule has 3 N–H and O–H groups in total. The van der Waals surface area contributed by atoms with E-state index in [0.29, 0.717) is 0 Å². The molecule has 0 heterocycles. The van der Waals surface area contributed by atoms with Gasteiger partial charge in [-0.3, -0.25) is 0 Å². The normalized spacial score (nSPS) is 30.1. The van der Waals surface area contributed by atoms with Crippen molar-refractivity contribution >= 4 is 10.0 Å². The minimum Gasteiger partial charge on any atom is -0.329 e. The fourth-order valence-electron chi connectivity index (χ4n) is 1.85. The summed E-state index contributed by atoms with van der Waals surface area (Å²) in [4.78, 5) is 0. The zero-order valence-corrected chi connectivity index (χ0v) is 10.4. The fourth-order valence-corrected chi connectivity index (χ4v) is 3.04. The maximum atomic E-state index is 11.7. The second-order valence-electron chi connectivity index (χ2n) is 4.67. The maximum absolute atomic E-state index is 11.7. The first-order valence-electron chi connectivity index (χ1n) is 5.67. The SMILES string of the molecule is CC1CCC(NS(=O)(=O)C(C)CN)CC1. The summed E-state index contributed by atoms with van der Waals surface area (Å²) in [5, 5.41) is -0.489. The largest absolute Gasteiger partial charge is 0.329 e. The van der Waals surface area contributed by atoms with E-state index in [-0.39, 0.29) is 12.6 Å². The van der Waals surface area contributed by atoms with Crippen molar-refractivity contribution < 1.29 is 8.42 Å². The first-order valence-corrected chi connectivity index (χ1v) is 7.21. The second kappa shape index (κ2) is 5.27. The average molecular weight is 234 g/mol. The number of nitrogens with two attached hydrogens (primary N) is 1. The van der Waals surface area contributed by atoms with E-state index in [9.17, 15) is 8.42 Å². The molecule has 1 unspecified atom stereocenters. The molecule has 0 radical (unpaired) electrons. The van der Waals surface area contributed by atoms with Gasteiger partial charge in [0.1, 0.15) is 0 Å². The molecule has 1 aliphatic carbocycles. The highest BCUT2D eigenvalue weighted by Crippen LogP contribution is 2.24. The molecule has 0 aliphatic heterocycles. The Balaban J connectivity index is 2.48. The Bertz CT molecular complexity index is 282. The van der Waals surface area contributed by atoms with Gasteiger partial charge in [-0.15, -0.1) is 0 Å². The summed E-state index contributed by atoms with van der Waals surface area (Å²) in [6.45, 7) is 4.04. The lowest BCUT2D eigenvalue weighted by molar-refractivity contribution is 0.331. The summed E-state index contributed by atoms with van der Waals surface area (Å²) in [6, 6.07) is 0.125. The lowest BCUT2D eigenvalue weighted by atomic mass is 9.88. The third-order valence-corrected chi connectivity index (χ3v) is 5.12. The Morgan fingerprint density at radius 3 is 2.33 bits per heavy atom. The van der Waals surface area contributed by atoms with Crippen LogP contribution in [-0.2, 0) is 10.0 Å². The molecule has 4 nitrogen and oxygen atoms in total. The van der Waals surface area contributed by atoms with Crippen molar-refractivity contribution in [2.75, 3.05) is 6.54 Å². The molecule has 1 saturated carbocycles. The predicted molar refractivity (Wildman–Crippen MR) is 62.0 cm³/mol. The van der Waals surface area contributed by atoms with E-state index in [1.807, 2.05) is 0 Å². The fraction of sp³-hybridized carbons (Fsp3) is 1.00. The van der Waals surface area contributed by atoms with Crippen LogP contribution in [0.5, 0.6) is 0 Å². The van der Waals surface area contributed by atoms with Gasteiger partial charge in [-0.1, -0.05) is 6.92 Å². The number of rotatable bonds is 4. The second-order valence-corrected chi connectivity index (χ2v) is 6.80. The standard InChI is InChI=1S/C10H22N2O2S/c1-8-3-5-10(6-4-8)12-15(13,14)9(2)7-11/h8-10,12H,3-7,11H2,1-2H3. The molecule has 1 atom stereocenters. The molecule has 1 aliphatic rings. The third kappa shape index (κ3) is 3.74. The van der Waals surface area contributed by atoms with Crippen LogP contribution in [0.3, 0.4) is 0 Å². The minimum atomic E-state index is -3.20. The molecule has 5 heteroatoms. The van der Waals surface area contributed by atoms with E-state index >= 15 is 0 Å². The summed E-state index contributed by atoms with van der Waals surface area (Å²) in [5.74, 6) is 0.734. The summed E-state index contributed by atoms with van der Waals surface area (Å²) in [6.07, 6.45) is 4.14. The van der Waals surface area contributed by atoms with Gasteiger partial charge in [0, 0.05) is 12.6 Å². The molecule has 0 saturated heterocycles. The van der Waals surface area contributed by atoms with Crippen LogP contribution in [0.4, 0.5) is 0 Å². The third-order valence-electron chi connectivity index (χ3n) is 3.21. The van der Waals surface area contributed by atoms with Gasteiger partial charge in [-0.05, 0) is 38.5 Å². The van der Waals surface area contributed by atoms with Crippen LogP contribution >= 0.6 is 0 Å². The summed E-state index contributed by atoms with van der Waals surface area (Å²) < 4.78 is 26.2. The van der Waals surface area contributed by atoms with E-state index < -0.39 is 15.3 Å². The zero-order valence-electron chi connectivity index (χ0n) is 9.57. The summed E-state index contributed by atoms with van der Waals surface area (Å²) in [5.41, 5.74) is 5.37. The minimum absolute atomic E-state index is 0.125. The lowest BCUT2D eigenvalue weighted by Gasteiger charge is -2.27. The van der Waals surface area contributed by atoms with E-state index in [2.05, 4.69) is 11.6 Å². The van der Waals surface area contributed by atoms with Crippen LogP contribution in [0.1, 0.15) is 39.5 Å². The Hall–Kier alpha value is -0.130. The molecular weight excluding hydrogens is 212 g/mol. The molecule has 1 fully saturated rings. The van der Waals surface area contributed by atoms with Crippen molar-refractivity contribution in [3.05, 3.63) is 0 Å². The van der Waals surface area contributed by atoms with E-state index in [1.165, 1.54) is 0 Å². The summed E-state index contributed by atoms with van der Waals surface area (Å²) >= 11 is 0. The molecule has 0 spiro atoms. The van der Waals surface area contributed by atoms with E-state index in [1.54, 1.807) is 6.92 Å². The Morgan fingerprint density at radius 2 is 1.87 bits per heavy atom.